The summed E-state index contributed by atoms with van der Waals surface area (Å²) < 4.78 is 12.6. The summed E-state index contributed by atoms with van der Waals surface area (Å²) in [6.45, 7) is -0.0882. The number of amides is 1. The maximum absolute atomic E-state index is 12.5. The van der Waals surface area contributed by atoms with Gasteiger partial charge in [-0.05, 0) is 24.3 Å². The molecule has 0 spiro atoms. The summed E-state index contributed by atoms with van der Waals surface area (Å²) in [4.78, 5) is 12.5. The second-order valence-corrected chi connectivity index (χ2v) is 7.02. The molecule has 0 atom stereocenters. The molecule has 7 heteroatoms. The van der Waals surface area contributed by atoms with Crippen molar-refractivity contribution in [3.63, 3.8) is 0 Å². The van der Waals surface area contributed by atoms with Crippen LogP contribution in [0, 0.1) is 0 Å². The fourth-order valence-electron chi connectivity index (χ4n) is 2.91. The topological polar surface area (TPSA) is 65.4 Å². The third-order valence-electron chi connectivity index (χ3n) is 4.22. The Morgan fingerprint density at radius 2 is 1.96 bits per heavy atom. The third-order valence-corrected chi connectivity index (χ3v) is 5.19. The first-order chi connectivity index (χ1) is 13.2. The Bertz CT molecular complexity index is 956. The van der Waals surface area contributed by atoms with E-state index in [0.717, 1.165) is 34.3 Å². The number of methoxy groups -OCH3 is 1. The number of fused-ring (bicyclic) bond motifs is 1. The maximum atomic E-state index is 12.5. The zero-order valence-corrected chi connectivity index (χ0v) is 15.7. The van der Waals surface area contributed by atoms with Crippen molar-refractivity contribution in [1.29, 1.82) is 0 Å². The molecule has 0 saturated carbocycles. The lowest BCUT2D eigenvalue weighted by molar-refractivity contribution is -0.118. The molecule has 3 aromatic rings. The SMILES string of the molecule is COc1cccc(OCC(=O)Nc2c3c(nn2-c2ccccc2)CSC3)c1. The highest BCUT2D eigenvalue weighted by molar-refractivity contribution is 7.98. The van der Waals surface area contributed by atoms with Crippen molar-refractivity contribution < 1.29 is 14.3 Å². The highest BCUT2D eigenvalue weighted by atomic mass is 32.2. The molecule has 27 heavy (non-hydrogen) atoms. The van der Waals surface area contributed by atoms with Crippen molar-refractivity contribution in [2.75, 3.05) is 19.0 Å². The minimum atomic E-state index is -0.227. The van der Waals surface area contributed by atoms with Gasteiger partial charge in [0.25, 0.3) is 5.91 Å². The highest BCUT2D eigenvalue weighted by Gasteiger charge is 2.24. The van der Waals surface area contributed by atoms with Crippen LogP contribution in [-0.2, 0) is 16.3 Å². The second kappa shape index (κ2) is 7.75. The summed E-state index contributed by atoms with van der Waals surface area (Å²) in [5, 5.41) is 7.66. The number of benzene rings is 2. The second-order valence-electron chi connectivity index (χ2n) is 6.03. The maximum Gasteiger partial charge on any atom is 0.263 e. The van der Waals surface area contributed by atoms with E-state index in [9.17, 15) is 4.79 Å². The van der Waals surface area contributed by atoms with Gasteiger partial charge in [0.15, 0.2) is 6.61 Å². The van der Waals surface area contributed by atoms with Gasteiger partial charge in [0.2, 0.25) is 0 Å². The molecule has 1 aliphatic rings. The minimum absolute atomic E-state index is 0.0882. The number of rotatable bonds is 6. The predicted molar refractivity (Wildman–Crippen MR) is 106 cm³/mol. The van der Waals surface area contributed by atoms with E-state index in [-0.39, 0.29) is 12.5 Å². The minimum Gasteiger partial charge on any atom is -0.497 e. The Morgan fingerprint density at radius 3 is 2.78 bits per heavy atom. The van der Waals surface area contributed by atoms with Crippen LogP contribution in [0.1, 0.15) is 11.3 Å². The summed E-state index contributed by atoms with van der Waals surface area (Å²) in [6, 6.07) is 17.0. The molecule has 1 N–H and O–H groups in total. The zero-order valence-electron chi connectivity index (χ0n) is 14.8. The number of nitrogens with one attached hydrogen (secondary N) is 1. The van der Waals surface area contributed by atoms with E-state index in [2.05, 4.69) is 10.4 Å². The van der Waals surface area contributed by atoms with E-state index < -0.39 is 0 Å². The molecule has 1 amide bonds. The molecule has 0 bridgehead atoms. The Hall–Kier alpha value is -2.93. The summed E-state index contributed by atoms with van der Waals surface area (Å²) in [6.07, 6.45) is 0. The number of ether oxygens (including phenoxy) is 2. The van der Waals surface area contributed by atoms with Crippen molar-refractivity contribution in [3.8, 4) is 17.2 Å². The largest absolute Gasteiger partial charge is 0.497 e. The van der Waals surface area contributed by atoms with Crippen LogP contribution in [0.25, 0.3) is 5.69 Å². The first-order valence-electron chi connectivity index (χ1n) is 8.55. The normalized spacial score (nSPS) is 12.5. The molecule has 2 heterocycles. The number of anilines is 1. The van der Waals surface area contributed by atoms with Crippen LogP contribution in [-0.4, -0.2) is 29.4 Å². The van der Waals surface area contributed by atoms with Gasteiger partial charge in [-0.15, -0.1) is 0 Å². The van der Waals surface area contributed by atoms with Gasteiger partial charge >= 0.3 is 0 Å². The summed E-state index contributed by atoms with van der Waals surface area (Å²) >= 11 is 1.80. The van der Waals surface area contributed by atoms with Crippen LogP contribution in [0.3, 0.4) is 0 Å². The average Bonchev–Trinajstić information content (AvgIpc) is 3.30. The van der Waals surface area contributed by atoms with Crippen molar-refractivity contribution in [2.45, 2.75) is 11.5 Å². The highest BCUT2D eigenvalue weighted by Crippen LogP contribution is 2.36. The van der Waals surface area contributed by atoms with Crippen LogP contribution in [0.4, 0.5) is 5.82 Å². The molecule has 4 rings (SSSR count). The van der Waals surface area contributed by atoms with Crippen molar-refractivity contribution >= 4 is 23.5 Å². The van der Waals surface area contributed by atoms with Gasteiger partial charge in [0, 0.05) is 23.1 Å². The van der Waals surface area contributed by atoms with E-state index in [1.807, 2.05) is 42.5 Å². The average molecular weight is 381 g/mol. The van der Waals surface area contributed by atoms with Gasteiger partial charge in [-0.1, -0.05) is 24.3 Å². The summed E-state index contributed by atoms with van der Waals surface area (Å²) in [7, 11) is 1.59. The van der Waals surface area contributed by atoms with Gasteiger partial charge in [-0.25, -0.2) is 4.68 Å². The molecule has 138 valence electrons. The molecule has 0 unspecified atom stereocenters. The lowest BCUT2D eigenvalue weighted by atomic mass is 10.2. The monoisotopic (exact) mass is 381 g/mol. The number of para-hydroxylation sites is 1. The number of aromatic nitrogens is 2. The van der Waals surface area contributed by atoms with Gasteiger partial charge < -0.3 is 14.8 Å². The predicted octanol–water partition coefficient (Wildman–Crippen LogP) is 3.65. The van der Waals surface area contributed by atoms with Crippen LogP contribution in [0.15, 0.2) is 54.6 Å². The molecule has 1 aliphatic heterocycles. The third kappa shape index (κ3) is 3.78. The molecular formula is C20H19N3O3S. The van der Waals surface area contributed by atoms with E-state index in [1.54, 1.807) is 35.7 Å². The van der Waals surface area contributed by atoms with Crippen LogP contribution in [0.5, 0.6) is 11.5 Å². The van der Waals surface area contributed by atoms with E-state index >= 15 is 0 Å². The van der Waals surface area contributed by atoms with Crippen molar-refractivity contribution in [3.05, 3.63) is 65.9 Å². The number of thioether (sulfide) groups is 1. The van der Waals surface area contributed by atoms with Crippen LogP contribution >= 0.6 is 11.8 Å². The lowest BCUT2D eigenvalue weighted by Gasteiger charge is -2.12. The number of nitrogens with zero attached hydrogens (tertiary/aromatic N) is 2. The quantitative estimate of drug-likeness (QED) is 0.706. The molecule has 0 fully saturated rings. The summed E-state index contributed by atoms with van der Waals surface area (Å²) in [5.74, 6) is 3.47. The molecule has 0 radical (unpaired) electrons. The molecule has 6 nitrogen and oxygen atoms in total. The standard InChI is InChI=1S/C20H19N3O3S/c1-25-15-8-5-9-16(10-15)26-11-19(24)21-20-17-12-27-13-18(17)22-23(20)14-6-3-2-4-7-14/h2-10H,11-13H2,1H3,(H,21,24). The van der Waals surface area contributed by atoms with E-state index in [1.165, 1.54) is 0 Å². The number of carbonyl (C=O) groups excluding carboxylic acids is 1. The number of hydrogen-bond acceptors (Lipinski definition) is 5. The summed E-state index contributed by atoms with van der Waals surface area (Å²) in [5.41, 5.74) is 3.02. The van der Waals surface area contributed by atoms with Crippen LogP contribution < -0.4 is 14.8 Å². The molecule has 2 aromatic carbocycles. The Morgan fingerprint density at radius 1 is 1.15 bits per heavy atom. The van der Waals surface area contributed by atoms with Crippen molar-refractivity contribution in [1.82, 2.24) is 9.78 Å². The first-order valence-corrected chi connectivity index (χ1v) is 9.70. The van der Waals surface area contributed by atoms with Gasteiger partial charge in [-0.2, -0.15) is 16.9 Å². The Balaban J connectivity index is 1.51. The van der Waals surface area contributed by atoms with Gasteiger partial charge in [0.1, 0.15) is 17.3 Å². The molecule has 0 aliphatic carbocycles. The Labute approximate surface area is 161 Å². The fraction of sp³-hybridized carbons (Fsp3) is 0.200. The number of carbonyl (C=O) groups is 1. The van der Waals surface area contributed by atoms with E-state index in [4.69, 9.17) is 9.47 Å². The van der Waals surface area contributed by atoms with Gasteiger partial charge in [0.05, 0.1) is 18.5 Å². The zero-order chi connectivity index (χ0) is 18.6. The first kappa shape index (κ1) is 17.5. The molecule has 0 saturated heterocycles. The molecule has 1 aromatic heterocycles. The fourth-order valence-corrected chi connectivity index (χ4v) is 3.94. The smallest absolute Gasteiger partial charge is 0.263 e. The molecular weight excluding hydrogens is 362 g/mol. The Kier molecular flexibility index (Phi) is 5.02. The number of hydrogen-bond donors (Lipinski definition) is 1. The lowest BCUT2D eigenvalue weighted by Crippen LogP contribution is -2.22. The van der Waals surface area contributed by atoms with Gasteiger partial charge in [-0.3, -0.25) is 4.79 Å². The van der Waals surface area contributed by atoms with E-state index in [0.29, 0.717) is 11.5 Å². The van der Waals surface area contributed by atoms with Crippen LogP contribution in [0.2, 0.25) is 0 Å². The van der Waals surface area contributed by atoms with Crippen molar-refractivity contribution in [2.24, 2.45) is 0 Å².